The van der Waals surface area contributed by atoms with Crippen molar-refractivity contribution >= 4 is 0 Å². The van der Waals surface area contributed by atoms with Crippen LogP contribution in [-0.2, 0) is 6.54 Å². The third-order valence-electron chi connectivity index (χ3n) is 4.99. The lowest BCUT2D eigenvalue weighted by molar-refractivity contribution is 0.276. The molecule has 1 heteroatoms. The van der Waals surface area contributed by atoms with Crippen LogP contribution in [-0.4, -0.2) is 18.0 Å². The van der Waals surface area contributed by atoms with Gasteiger partial charge in [-0.25, -0.2) is 0 Å². The van der Waals surface area contributed by atoms with Crippen molar-refractivity contribution in [3.05, 3.63) is 35.9 Å². The molecule has 1 saturated carbocycles. The van der Waals surface area contributed by atoms with Crippen molar-refractivity contribution in [3.8, 4) is 0 Å². The Morgan fingerprint density at radius 3 is 2.72 bits per heavy atom. The second kappa shape index (κ2) is 5.44. The van der Waals surface area contributed by atoms with E-state index in [1.54, 1.807) is 0 Å². The van der Waals surface area contributed by atoms with Gasteiger partial charge in [0, 0.05) is 19.6 Å². The summed E-state index contributed by atoms with van der Waals surface area (Å²) in [6.45, 7) is 6.20. The first kappa shape index (κ1) is 12.2. The molecule has 0 bridgehead atoms. The van der Waals surface area contributed by atoms with Gasteiger partial charge in [0.1, 0.15) is 0 Å². The predicted molar refractivity (Wildman–Crippen MR) is 76.3 cm³/mol. The van der Waals surface area contributed by atoms with E-state index < -0.39 is 0 Å². The van der Waals surface area contributed by atoms with Gasteiger partial charge in [-0.1, -0.05) is 50.1 Å². The monoisotopic (exact) mass is 243 g/mol. The molecule has 3 unspecified atom stereocenters. The molecule has 3 atom stereocenters. The molecule has 1 aliphatic carbocycles. The summed E-state index contributed by atoms with van der Waals surface area (Å²) in [5, 5.41) is 0. The number of benzene rings is 1. The maximum absolute atomic E-state index is 2.69. The van der Waals surface area contributed by atoms with Crippen molar-refractivity contribution in [1.82, 2.24) is 4.90 Å². The molecular formula is C17H25N. The molecule has 1 aromatic rings. The van der Waals surface area contributed by atoms with Crippen LogP contribution in [0.2, 0.25) is 0 Å². The van der Waals surface area contributed by atoms with Gasteiger partial charge >= 0.3 is 0 Å². The van der Waals surface area contributed by atoms with Gasteiger partial charge in [-0.3, -0.25) is 4.90 Å². The highest BCUT2D eigenvalue weighted by atomic mass is 15.2. The summed E-state index contributed by atoms with van der Waals surface area (Å²) < 4.78 is 0. The number of likely N-dealkylation sites (tertiary alicyclic amines) is 1. The summed E-state index contributed by atoms with van der Waals surface area (Å²) in [4.78, 5) is 2.69. The van der Waals surface area contributed by atoms with E-state index in [1.165, 1.54) is 44.3 Å². The Bertz CT molecular complexity index is 370. The first-order chi connectivity index (χ1) is 8.86. The molecule has 0 spiro atoms. The number of hydrogen-bond donors (Lipinski definition) is 0. The van der Waals surface area contributed by atoms with E-state index in [2.05, 4.69) is 42.2 Å². The molecule has 0 amide bonds. The van der Waals surface area contributed by atoms with Crippen LogP contribution in [0, 0.1) is 17.8 Å². The Morgan fingerprint density at radius 1 is 1.11 bits per heavy atom. The third-order valence-corrected chi connectivity index (χ3v) is 4.99. The van der Waals surface area contributed by atoms with E-state index in [1.807, 2.05) is 0 Å². The van der Waals surface area contributed by atoms with Gasteiger partial charge in [-0.15, -0.1) is 0 Å². The highest BCUT2D eigenvalue weighted by Crippen LogP contribution is 2.44. The summed E-state index contributed by atoms with van der Waals surface area (Å²) in [5.74, 6) is 3.04. The van der Waals surface area contributed by atoms with Crippen molar-refractivity contribution in [3.63, 3.8) is 0 Å². The van der Waals surface area contributed by atoms with Crippen LogP contribution in [0.25, 0.3) is 0 Å². The fourth-order valence-corrected chi connectivity index (χ4v) is 4.17. The summed E-state index contributed by atoms with van der Waals surface area (Å²) in [5.41, 5.74) is 1.48. The summed E-state index contributed by atoms with van der Waals surface area (Å²) in [7, 11) is 0. The molecule has 0 radical (unpaired) electrons. The van der Waals surface area contributed by atoms with Crippen LogP contribution in [0.4, 0.5) is 0 Å². The van der Waals surface area contributed by atoms with Crippen LogP contribution in [0.3, 0.4) is 0 Å². The zero-order chi connectivity index (χ0) is 12.4. The van der Waals surface area contributed by atoms with E-state index >= 15 is 0 Å². The van der Waals surface area contributed by atoms with Gasteiger partial charge in [0.15, 0.2) is 0 Å². The first-order valence-electron chi connectivity index (χ1n) is 7.63. The molecule has 1 saturated heterocycles. The van der Waals surface area contributed by atoms with Crippen molar-refractivity contribution in [1.29, 1.82) is 0 Å². The molecule has 0 N–H and O–H groups in total. The van der Waals surface area contributed by atoms with Gasteiger partial charge in [0.05, 0.1) is 0 Å². The normalized spacial score (nSPS) is 31.7. The standard InChI is InChI=1S/C17H25N/c1-2-6-15-9-10-16-12-18(13-17(15)16)11-14-7-4-3-5-8-14/h3-5,7-8,15-17H,2,6,9-13H2,1H3. The Labute approximate surface area is 111 Å². The minimum Gasteiger partial charge on any atom is -0.299 e. The van der Waals surface area contributed by atoms with Crippen LogP contribution in [0.5, 0.6) is 0 Å². The third kappa shape index (κ3) is 2.47. The Balaban J connectivity index is 1.59. The first-order valence-corrected chi connectivity index (χ1v) is 7.63. The van der Waals surface area contributed by atoms with Gasteiger partial charge in [-0.2, -0.15) is 0 Å². The molecule has 0 aromatic heterocycles. The smallest absolute Gasteiger partial charge is 0.0233 e. The van der Waals surface area contributed by atoms with Gasteiger partial charge in [-0.05, 0) is 36.2 Å². The van der Waals surface area contributed by atoms with E-state index in [9.17, 15) is 0 Å². The molecule has 1 nitrogen and oxygen atoms in total. The van der Waals surface area contributed by atoms with Crippen molar-refractivity contribution in [2.75, 3.05) is 13.1 Å². The molecule has 1 heterocycles. The number of fused-ring (bicyclic) bond motifs is 1. The maximum Gasteiger partial charge on any atom is 0.0233 e. The molecule has 2 fully saturated rings. The maximum atomic E-state index is 2.69. The van der Waals surface area contributed by atoms with E-state index in [0.29, 0.717) is 0 Å². The molecule has 18 heavy (non-hydrogen) atoms. The van der Waals surface area contributed by atoms with Crippen LogP contribution >= 0.6 is 0 Å². The summed E-state index contributed by atoms with van der Waals surface area (Å²) in [6, 6.07) is 11.0. The lowest BCUT2D eigenvalue weighted by Gasteiger charge is -2.20. The zero-order valence-electron chi connectivity index (χ0n) is 11.5. The molecule has 98 valence electrons. The number of hydrogen-bond acceptors (Lipinski definition) is 1. The zero-order valence-corrected chi connectivity index (χ0v) is 11.5. The van der Waals surface area contributed by atoms with Crippen molar-refractivity contribution in [2.45, 2.75) is 39.2 Å². The fraction of sp³-hybridized carbons (Fsp3) is 0.647. The largest absolute Gasteiger partial charge is 0.299 e. The average molecular weight is 243 g/mol. The van der Waals surface area contributed by atoms with Gasteiger partial charge < -0.3 is 0 Å². The minimum atomic E-state index is 1.00. The fourth-order valence-electron chi connectivity index (χ4n) is 4.17. The molecule has 2 aliphatic rings. The quantitative estimate of drug-likeness (QED) is 0.774. The average Bonchev–Trinajstić information content (AvgIpc) is 2.93. The molecular weight excluding hydrogens is 218 g/mol. The van der Waals surface area contributed by atoms with E-state index in [-0.39, 0.29) is 0 Å². The molecule has 1 aliphatic heterocycles. The lowest BCUT2D eigenvalue weighted by Crippen LogP contribution is -2.22. The lowest BCUT2D eigenvalue weighted by atomic mass is 9.89. The summed E-state index contributed by atoms with van der Waals surface area (Å²) in [6.07, 6.45) is 5.82. The number of rotatable bonds is 4. The van der Waals surface area contributed by atoms with Crippen molar-refractivity contribution < 1.29 is 0 Å². The molecule has 3 rings (SSSR count). The van der Waals surface area contributed by atoms with Crippen LogP contribution in [0.15, 0.2) is 30.3 Å². The highest BCUT2D eigenvalue weighted by Gasteiger charge is 2.41. The van der Waals surface area contributed by atoms with Gasteiger partial charge in [0.2, 0.25) is 0 Å². The molecule has 1 aromatic carbocycles. The Morgan fingerprint density at radius 2 is 1.94 bits per heavy atom. The second-order valence-corrected chi connectivity index (χ2v) is 6.23. The second-order valence-electron chi connectivity index (χ2n) is 6.23. The van der Waals surface area contributed by atoms with E-state index in [4.69, 9.17) is 0 Å². The predicted octanol–water partition coefficient (Wildman–Crippen LogP) is 3.94. The SMILES string of the molecule is CCCC1CCC2CN(Cc3ccccc3)CC12. The van der Waals surface area contributed by atoms with E-state index in [0.717, 1.165) is 24.3 Å². The minimum absolute atomic E-state index is 1.00. The van der Waals surface area contributed by atoms with Crippen LogP contribution < -0.4 is 0 Å². The summed E-state index contributed by atoms with van der Waals surface area (Å²) >= 11 is 0. The number of nitrogens with zero attached hydrogens (tertiary/aromatic N) is 1. The Kier molecular flexibility index (Phi) is 3.69. The highest BCUT2D eigenvalue weighted by molar-refractivity contribution is 5.14. The van der Waals surface area contributed by atoms with Gasteiger partial charge in [0.25, 0.3) is 0 Å². The van der Waals surface area contributed by atoms with Crippen molar-refractivity contribution in [2.24, 2.45) is 17.8 Å². The van der Waals surface area contributed by atoms with Crippen LogP contribution in [0.1, 0.15) is 38.2 Å². The topological polar surface area (TPSA) is 3.24 Å². The Hall–Kier alpha value is -0.820.